The fraction of sp³-hybridized carbons (Fsp3) is 0.115. The first-order chi connectivity index (χ1) is 17.0. The number of urea groups is 1. The molecule has 0 saturated heterocycles. The minimum absolute atomic E-state index is 0.0384. The van der Waals surface area contributed by atoms with Gasteiger partial charge in [0.25, 0.3) is 5.56 Å². The third-order valence-corrected chi connectivity index (χ3v) is 5.77. The second kappa shape index (κ2) is 9.87. The SMILES string of the molecule is C/C(=N\c1cc(NC(=O)Nc2cc(C(F)(F)F)ccc2Cl)ccc1C)c1c2cccccc-2[nH]c1=O. The monoisotopic (exact) mass is 512 g/mol. The second-order valence-electron chi connectivity index (χ2n) is 8.04. The van der Waals surface area contributed by atoms with Gasteiger partial charge in [-0.05, 0) is 55.8 Å². The summed E-state index contributed by atoms with van der Waals surface area (Å²) < 4.78 is 39.0. The molecule has 0 aromatic heterocycles. The van der Waals surface area contributed by atoms with Crippen molar-refractivity contribution in [2.75, 3.05) is 10.6 Å². The summed E-state index contributed by atoms with van der Waals surface area (Å²) in [6, 6.07) is 16.0. The quantitative estimate of drug-likeness (QED) is 0.252. The Hall–Kier alpha value is -4.11. The maximum Gasteiger partial charge on any atom is 0.416 e. The van der Waals surface area contributed by atoms with Crippen molar-refractivity contribution >= 4 is 40.4 Å². The van der Waals surface area contributed by atoms with Crippen molar-refractivity contribution in [3.8, 4) is 11.3 Å². The van der Waals surface area contributed by atoms with E-state index in [1.807, 2.05) is 31.2 Å². The molecular formula is C26H20ClF3N4O2. The Balaban J connectivity index is 1.58. The third-order valence-electron chi connectivity index (χ3n) is 5.44. The highest BCUT2D eigenvalue weighted by molar-refractivity contribution is 6.33. The Labute approximate surface area is 209 Å². The summed E-state index contributed by atoms with van der Waals surface area (Å²) in [6.45, 7) is 3.55. The van der Waals surface area contributed by atoms with E-state index in [0.29, 0.717) is 28.3 Å². The van der Waals surface area contributed by atoms with E-state index in [4.69, 9.17) is 11.6 Å². The van der Waals surface area contributed by atoms with Crippen LogP contribution in [0.2, 0.25) is 5.02 Å². The average Bonchev–Trinajstić information content (AvgIpc) is 2.95. The van der Waals surface area contributed by atoms with Crippen LogP contribution in [0.25, 0.3) is 11.3 Å². The van der Waals surface area contributed by atoms with E-state index in [1.165, 1.54) is 0 Å². The number of aromatic nitrogens is 1. The molecule has 0 unspecified atom stereocenters. The Kier molecular flexibility index (Phi) is 6.85. The molecule has 3 N–H and O–H groups in total. The number of aliphatic imine (C=N–C) groups is 1. The van der Waals surface area contributed by atoms with Crippen molar-refractivity contribution in [2.24, 2.45) is 4.99 Å². The predicted molar refractivity (Wildman–Crippen MR) is 136 cm³/mol. The van der Waals surface area contributed by atoms with Crippen molar-refractivity contribution in [3.63, 3.8) is 0 Å². The van der Waals surface area contributed by atoms with Gasteiger partial charge >= 0.3 is 12.2 Å². The first-order valence-corrected chi connectivity index (χ1v) is 11.1. The zero-order chi connectivity index (χ0) is 26.0. The first-order valence-electron chi connectivity index (χ1n) is 10.7. The van der Waals surface area contributed by atoms with Gasteiger partial charge in [0.2, 0.25) is 0 Å². The van der Waals surface area contributed by atoms with E-state index in [1.54, 1.807) is 31.2 Å². The number of nitrogens with one attached hydrogen (secondary N) is 3. The van der Waals surface area contributed by atoms with Gasteiger partial charge in [-0.1, -0.05) is 41.9 Å². The number of nitrogens with zero attached hydrogens (tertiary/aromatic N) is 1. The molecular weight excluding hydrogens is 493 g/mol. The number of halogens is 4. The molecule has 10 heteroatoms. The van der Waals surface area contributed by atoms with Gasteiger partial charge in [0.1, 0.15) is 0 Å². The number of H-pyrrole nitrogens is 1. The average molecular weight is 513 g/mol. The van der Waals surface area contributed by atoms with Crippen LogP contribution in [-0.2, 0) is 6.18 Å². The number of hydrogen-bond donors (Lipinski definition) is 3. The van der Waals surface area contributed by atoms with Crippen LogP contribution in [0.1, 0.15) is 23.6 Å². The van der Waals surface area contributed by atoms with Gasteiger partial charge < -0.3 is 15.6 Å². The van der Waals surface area contributed by atoms with Gasteiger partial charge in [-0.15, -0.1) is 0 Å². The molecule has 1 aliphatic heterocycles. The number of fused-ring (bicyclic) bond motifs is 1. The number of carbonyl (C=O) groups excluding carboxylic acids is 1. The third kappa shape index (κ3) is 5.41. The van der Waals surface area contributed by atoms with Crippen molar-refractivity contribution in [1.29, 1.82) is 0 Å². The van der Waals surface area contributed by atoms with Gasteiger partial charge in [0.05, 0.1) is 33.2 Å². The van der Waals surface area contributed by atoms with E-state index >= 15 is 0 Å². The van der Waals surface area contributed by atoms with E-state index in [9.17, 15) is 22.8 Å². The summed E-state index contributed by atoms with van der Waals surface area (Å²) in [5.74, 6) is 0. The fourth-order valence-electron chi connectivity index (χ4n) is 3.67. The first kappa shape index (κ1) is 25.0. The highest BCUT2D eigenvalue weighted by Crippen LogP contribution is 2.34. The van der Waals surface area contributed by atoms with E-state index in [0.717, 1.165) is 29.3 Å². The van der Waals surface area contributed by atoms with E-state index in [-0.39, 0.29) is 16.3 Å². The molecule has 2 aromatic rings. The summed E-state index contributed by atoms with van der Waals surface area (Å²) >= 11 is 5.95. The lowest BCUT2D eigenvalue weighted by atomic mass is 10.1. The summed E-state index contributed by atoms with van der Waals surface area (Å²) in [5.41, 5.74) is 2.61. The second-order valence-corrected chi connectivity index (χ2v) is 8.44. The number of carbonyl (C=O) groups is 1. The minimum atomic E-state index is -4.58. The maximum absolute atomic E-state index is 13.0. The number of benzene rings is 2. The van der Waals surface area contributed by atoms with Gasteiger partial charge in [0.15, 0.2) is 0 Å². The number of hydrogen-bond acceptors (Lipinski definition) is 3. The van der Waals surface area contributed by atoms with E-state index < -0.39 is 17.8 Å². The fourth-order valence-corrected chi connectivity index (χ4v) is 3.83. The van der Waals surface area contributed by atoms with Gasteiger partial charge in [-0.2, -0.15) is 13.2 Å². The molecule has 0 bridgehead atoms. The number of amides is 2. The van der Waals surface area contributed by atoms with Gasteiger partial charge in [-0.25, -0.2) is 4.79 Å². The highest BCUT2D eigenvalue weighted by atomic mass is 35.5. The Morgan fingerprint density at radius 2 is 1.75 bits per heavy atom. The lowest BCUT2D eigenvalue weighted by molar-refractivity contribution is -0.137. The zero-order valence-corrected chi connectivity index (χ0v) is 19.9. The van der Waals surface area contributed by atoms with Crippen molar-refractivity contribution < 1.29 is 18.0 Å². The van der Waals surface area contributed by atoms with Crippen molar-refractivity contribution in [1.82, 2.24) is 4.98 Å². The largest absolute Gasteiger partial charge is 0.416 e. The molecule has 0 fully saturated rings. The van der Waals surface area contributed by atoms with Crippen LogP contribution in [-0.4, -0.2) is 16.7 Å². The van der Waals surface area contributed by atoms with Crippen LogP contribution >= 0.6 is 11.6 Å². The Bertz CT molecular complexity index is 1510. The molecule has 36 heavy (non-hydrogen) atoms. The molecule has 0 atom stereocenters. The number of rotatable bonds is 4. The highest BCUT2D eigenvalue weighted by Gasteiger charge is 2.31. The smallest absolute Gasteiger partial charge is 0.321 e. The molecule has 184 valence electrons. The predicted octanol–water partition coefficient (Wildman–Crippen LogP) is 7.25. The number of aryl methyl sites for hydroxylation is 1. The lowest BCUT2D eigenvalue weighted by Crippen LogP contribution is -2.20. The van der Waals surface area contributed by atoms with Gasteiger partial charge in [-0.3, -0.25) is 9.79 Å². The maximum atomic E-state index is 13.0. The topological polar surface area (TPSA) is 86.3 Å². The zero-order valence-electron chi connectivity index (χ0n) is 19.1. The van der Waals surface area contributed by atoms with Crippen LogP contribution in [0.4, 0.5) is 35.0 Å². The summed E-state index contributed by atoms with van der Waals surface area (Å²) in [5, 5.41) is 4.87. The molecule has 2 aromatic carbocycles. The molecule has 0 radical (unpaired) electrons. The Morgan fingerprint density at radius 3 is 2.50 bits per heavy atom. The molecule has 1 heterocycles. The standard InChI is InChI=1S/C26H20ClF3N4O2/c1-14-8-10-17(32-25(36)34-22-12-16(26(28,29)30)9-11-19(22)27)13-21(14)31-15(2)23-18-6-4-3-5-7-20(18)33-24(23)35/h3-13H,1-2H3,(H,33,35)(H2,32,34,36)/b31-15+. The minimum Gasteiger partial charge on any atom is -0.321 e. The summed E-state index contributed by atoms with van der Waals surface area (Å²) in [4.78, 5) is 32.5. The molecule has 2 amide bonds. The molecule has 0 saturated carbocycles. The van der Waals surface area contributed by atoms with Gasteiger partial charge in [0, 0.05) is 16.9 Å². The Morgan fingerprint density at radius 1 is 1.00 bits per heavy atom. The van der Waals surface area contributed by atoms with Crippen LogP contribution in [0, 0.1) is 6.92 Å². The number of aromatic amines is 1. The molecule has 6 nitrogen and oxygen atoms in total. The van der Waals surface area contributed by atoms with Crippen molar-refractivity contribution in [2.45, 2.75) is 20.0 Å². The summed E-state index contributed by atoms with van der Waals surface area (Å²) in [6.07, 6.45) is -4.58. The van der Waals surface area contributed by atoms with Crippen LogP contribution in [0.3, 0.4) is 0 Å². The van der Waals surface area contributed by atoms with Crippen LogP contribution in [0.5, 0.6) is 0 Å². The summed E-state index contributed by atoms with van der Waals surface area (Å²) in [7, 11) is 0. The molecule has 1 aliphatic carbocycles. The molecule has 4 rings (SSSR count). The number of alkyl halides is 3. The normalized spacial score (nSPS) is 12.0. The van der Waals surface area contributed by atoms with Crippen LogP contribution < -0.4 is 16.2 Å². The van der Waals surface area contributed by atoms with Crippen molar-refractivity contribution in [3.05, 3.63) is 98.8 Å². The lowest BCUT2D eigenvalue weighted by Gasteiger charge is -2.13. The number of anilines is 2. The molecule has 2 aliphatic rings. The molecule has 0 spiro atoms. The van der Waals surface area contributed by atoms with E-state index in [2.05, 4.69) is 20.6 Å². The van der Waals surface area contributed by atoms with Crippen LogP contribution in [0.15, 0.2) is 76.5 Å².